The molecule has 4 rings (SSSR count). The normalized spacial score (nSPS) is 32.2. The Kier molecular flexibility index (Phi) is 3.94. The molecule has 3 fully saturated rings. The fraction of sp³-hybridized carbons (Fsp3) is 0.650. The summed E-state index contributed by atoms with van der Waals surface area (Å²) in [6.45, 7) is 1.01. The van der Waals surface area contributed by atoms with Crippen LogP contribution >= 0.6 is 0 Å². The van der Waals surface area contributed by atoms with Crippen LogP contribution in [0.1, 0.15) is 62.8 Å². The minimum absolute atomic E-state index is 0.270. The number of carbonyl (C=O) groups is 1. The van der Waals surface area contributed by atoms with Crippen molar-refractivity contribution in [2.75, 3.05) is 6.54 Å². The average molecular weight is 297 g/mol. The van der Waals surface area contributed by atoms with Gasteiger partial charge >= 0.3 is 0 Å². The molecule has 1 aliphatic heterocycles. The molecule has 0 radical (unpaired) electrons. The van der Waals surface area contributed by atoms with Gasteiger partial charge in [-0.2, -0.15) is 0 Å². The van der Waals surface area contributed by atoms with E-state index in [-0.39, 0.29) is 5.92 Å². The van der Waals surface area contributed by atoms with E-state index < -0.39 is 0 Å². The van der Waals surface area contributed by atoms with Crippen LogP contribution in [0.15, 0.2) is 30.3 Å². The largest absolute Gasteiger partial charge is 0.339 e. The van der Waals surface area contributed by atoms with Gasteiger partial charge in [-0.1, -0.05) is 49.6 Å². The molecule has 2 nitrogen and oxygen atoms in total. The van der Waals surface area contributed by atoms with Crippen LogP contribution in [0.4, 0.5) is 0 Å². The lowest BCUT2D eigenvalue weighted by molar-refractivity contribution is -0.134. The van der Waals surface area contributed by atoms with Crippen LogP contribution in [-0.4, -0.2) is 23.4 Å². The van der Waals surface area contributed by atoms with Crippen molar-refractivity contribution in [3.05, 3.63) is 35.9 Å². The Morgan fingerprint density at radius 1 is 0.955 bits per heavy atom. The number of rotatable bonds is 3. The Balaban J connectivity index is 1.42. The zero-order valence-electron chi connectivity index (χ0n) is 13.4. The van der Waals surface area contributed by atoms with Gasteiger partial charge in [0.15, 0.2) is 0 Å². The third kappa shape index (κ3) is 2.68. The number of benzene rings is 1. The molecule has 2 saturated carbocycles. The van der Waals surface area contributed by atoms with Crippen LogP contribution in [-0.2, 0) is 4.79 Å². The van der Waals surface area contributed by atoms with E-state index in [2.05, 4.69) is 35.2 Å². The molecule has 2 aliphatic carbocycles. The maximum absolute atomic E-state index is 13.0. The lowest BCUT2D eigenvalue weighted by atomic mass is 9.83. The average Bonchev–Trinajstić information content (AvgIpc) is 3.24. The number of nitrogens with zero attached hydrogens (tertiary/aromatic N) is 1. The second-order valence-electron chi connectivity index (χ2n) is 7.50. The maximum atomic E-state index is 13.0. The van der Waals surface area contributed by atoms with E-state index in [0.717, 1.165) is 18.9 Å². The van der Waals surface area contributed by atoms with E-state index in [4.69, 9.17) is 0 Å². The molecule has 0 bridgehead atoms. The smallest absolute Gasteiger partial charge is 0.226 e. The quantitative estimate of drug-likeness (QED) is 0.811. The monoisotopic (exact) mass is 297 g/mol. The van der Waals surface area contributed by atoms with E-state index in [0.29, 0.717) is 17.9 Å². The van der Waals surface area contributed by atoms with E-state index in [1.165, 1.54) is 50.5 Å². The summed E-state index contributed by atoms with van der Waals surface area (Å²) in [5, 5.41) is 0. The van der Waals surface area contributed by atoms with Crippen LogP contribution in [0, 0.1) is 11.8 Å². The van der Waals surface area contributed by atoms with Crippen molar-refractivity contribution in [2.24, 2.45) is 11.8 Å². The molecule has 22 heavy (non-hydrogen) atoms. The molecule has 1 aromatic rings. The molecule has 3 unspecified atom stereocenters. The summed E-state index contributed by atoms with van der Waals surface area (Å²) in [6.07, 6.45) is 10.4. The minimum atomic E-state index is 0.270. The second kappa shape index (κ2) is 6.06. The van der Waals surface area contributed by atoms with Crippen molar-refractivity contribution in [1.29, 1.82) is 0 Å². The van der Waals surface area contributed by atoms with Gasteiger partial charge < -0.3 is 4.90 Å². The summed E-state index contributed by atoms with van der Waals surface area (Å²) in [4.78, 5) is 15.3. The van der Waals surface area contributed by atoms with Gasteiger partial charge in [-0.15, -0.1) is 0 Å². The first-order chi connectivity index (χ1) is 10.8. The zero-order chi connectivity index (χ0) is 14.9. The number of amides is 1. The Bertz CT molecular complexity index is 520. The molecule has 1 aromatic carbocycles. The van der Waals surface area contributed by atoms with Gasteiger partial charge in [-0.05, 0) is 49.5 Å². The summed E-state index contributed by atoms with van der Waals surface area (Å²) in [6, 6.07) is 11.2. The van der Waals surface area contributed by atoms with Crippen molar-refractivity contribution >= 4 is 5.91 Å². The predicted octanol–water partition coefficient (Wildman–Crippen LogP) is 4.36. The number of carbonyl (C=O) groups excluding carboxylic acids is 1. The molecule has 2 heteroatoms. The van der Waals surface area contributed by atoms with Gasteiger partial charge in [-0.3, -0.25) is 4.79 Å². The lowest BCUT2D eigenvalue weighted by Crippen LogP contribution is -2.41. The van der Waals surface area contributed by atoms with Crippen LogP contribution in [0.2, 0.25) is 0 Å². The fourth-order valence-corrected chi connectivity index (χ4v) is 4.82. The summed E-state index contributed by atoms with van der Waals surface area (Å²) < 4.78 is 0. The predicted molar refractivity (Wildman–Crippen MR) is 88.6 cm³/mol. The van der Waals surface area contributed by atoms with Gasteiger partial charge in [0.25, 0.3) is 0 Å². The van der Waals surface area contributed by atoms with Gasteiger partial charge in [0.05, 0.1) is 0 Å². The topological polar surface area (TPSA) is 20.3 Å². The summed E-state index contributed by atoms with van der Waals surface area (Å²) in [5.74, 6) is 2.00. The van der Waals surface area contributed by atoms with Gasteiger partial charge in [-0.25, -0.2) is 0 Å². The van der Waals surface area contributed by atoms with Crippen LogP contribution < -0.4 is 0 Å². The van der Waals surface area contributed by atoms with Crippen molar-refractivity contribution in [3.63, 3.8) is 0 Å². The fourth-order valence-electron chi connectivity index (χ4n) is 4.82. The van der Waals surface area contributed by atoms with E-state index >= 15 is 0 Å². The molecule has 3 aliphatic rings. The van der Waals surface area contributed by atoms with Crippen molar-refractivity contribution in [1.82, 2.24) is 4.90 Å². The van der Waals surface area contributed by atoms with Gasteiger partial charge in [0.1, 0.15) is 0 Å². The molecule has 1 heterocycles. The molecule has 118 valence electrons. The van der Waals surface area contributed by atoms with E-state index in [1.807, 2.05) is 0 Å². The lowest BCUT2D eigenvalue weighted by Gasteiger charge is -2.34. The Labute approximate surface area is 133 Å². The first-order valence-corrected chi connectivity index (χ1v) is 9.20. The molecule has 0 N–H and O–H groups in total. The second-order valence-corrected chi connectivity index (χ2v) is 7.50. The maximum Gasteiger partial charge on any atom is 0.226 e. The van der Waals surface area contributed by atoms with Crippen molar-refractivity contribution in [3.8, 4) is 0 Å². The third-order valence-electron chi connectivity index (χ3n) is 6.11. The van der Waals surface area contributed by atoms with Crippen LogP contribution in [0.3, 0.4) is 0 Å². The Morgan fingerprint density at radius 3 is 2.50 bits per heavy atom. The Morgan fingerprint density at radius 2 is 1.73 bits per heavy atom. The number of hydrogen-bond donors (Lipinski definition) is 0. The molecular weight excluding hydrogens is 270 g/mol. The standard InChI is InChI=1S/C20H27NO/c22-20(18-14-17(18)15-8-3-1-4-9-15)21-13-7-12-19(21)16-10-5-2-6-11-16/h1,3-4,8-9,16-19H,2,5-7,10-14H2. The highest BCUT2D eigenvalue weighted by molar-refractivity contribution is 5.83. The van der Waals surface area contributed by atoms with E-state index in [1.54, 1.807) is 0 Å². The minimum Gasteiger partial charge on any atom is -0.339 e. The summed E-state index contributed by atoms with van der Waals surface area (Å²) in [7, 11) is 0. The van der Waals surface area contributed by atoms with Crippen molar-refractivity contribution < 1.29 is 4.79 Å². The number of likely N-dealkylation sites (tertiary alicyclic amines) is 1. The third-order valence-corrected chi connectivity index (χ3v) is 6.11. The Hall–Kier alpha value is -1.31. The van der Waals surface area contributed by atoms with E-state index in [9.17, 15) is 4.79 Å². The summed E-state index contributed by atoms with van der Waals surface area (Å²) >= 11 is 0. The summed E-state index contributed by atoms with van der Waals surface area (Å²) in [5.41, 5.74) is 1.36. The SMILES string of the molecule is O=C(C1CC1c1ccccc1)N1CCCC1C1CCCCC1. The first-order valence-electron chi connectivity index (χ1n) is 9.20. The molecule has 0 aromatic heterocycles. The molecule has 1 amide bonds. The van der Waals surface area contributed by atoms with Gasteiger partial charge in [0, 0.05) is 18.5 Å². The number of hydrogen-bond acceptors (Lipinski definition) is 1. The zero-order valence-corrected chi connectivity index (χ0v) is 13.4. The van der Waals surface area contributed by atoms with Crippen molar-refractivity contribution in [2.45, 2.75) is 63.3 Å². The molecule has 3 atom stereocenters. The highest BCUT2D eigenvalue weighted by atomic mass is 16.2. The first kappa shape index (κ1) is 14.3. The van der Waals surface area contributed by atoms with Crippen LogP contribution in [0.25, 0.3) is 0 Å². The molecule has 1 saturated heterocycles. The molecule has 0 spiro atoms. The molecular formula is C20H27NO. The van der Waals surface area contributed by atoms with Gasteiger partial charge in [0.2, 0.25) is 5.91 Å². The van der Waals surface area contributed by atoms with Crippen LogP contribution in [0.5, 0.6) is 0 Å². The highest BCUT2D eigenvalue weighted by Gasteiger charge is 2.48. The highest BCUT2D eigenvalue weighted by Crippen LogP contribution is 2.49.